The van der Waals surface area contributed by atoms with Crippen molar-refractivity contribution in [3.05, 3.63) is 83.1 Å². The quantitative estimate of drug-likeness (QED) is 0.672. The number of hydrogen-bond donors (Lipinski definition) is 2. The van der Waals surface area contributed by atoms with Crippen LogP contribution in [0.2, 0.25) is 0 Å². The van der Waals surface area contributed by atoms with Gasteiger partial charge in [0.15, 0.2) is 0 Å². The molecule has 1 spiro atoms. The fourth-order valence-corrected chi connectivity index (χ4v) is 6.18. The molecule has 2 heterocycles. The number of allylic oxidation sites excluding steroid dienone is 3. The molecule has 2 aliphatic heterocycles. The van der Waals surface area contributed by atoms with Crippen molar-refractivity contribution in [1.29, 1.82) is 0 Å². The van der Waals surface area contributed by atoms with Crippen molar-refractivity contribution in [2.24, 2.45) is 5.41 Å². The predicted molar refractivity (Wildman–Crippen MR) is 117 cm³/mol. The van der Waals surface area contributed by atoms with Crippen LogP contribution in [0.3, 0.4) is 0 Å². The summed E-state index contributed by atoms with van der Waals surface area (Å²) in [5.74, 6) is 1.13. The van der Waals surface area contributed by atoms with E-state index in [2.05, 4.69) is 103 Å². The number of nitrogens with one attached hydrogen (secondary N) is 2. The van der Waals surface area contributed by atoms with Crippen LogP contribution >= 0.6 is 11.8 Å². The molecule has 1 fully saturated rings. The van der Waals surface area contributed by atoms with E-state index in [1.807, 2.05) is 0 Å². The van der Waals surface area contributed by atoms with E-state index in [4.69, 9.17) is 0 Å². The molecule has 0 radical (unpaired) electrons. The maximum atomic E-state index is 4.20. The molecule has 1 unspecified atom stereocenters. The molecule has 0 saturated carbocycles. The molecule has 1 saturated heterocycles. The van der Waals surface area contributed by atoms with Crippen LogP contribution in [0, 0.1) is 5.41 Å². The van der Waals surface area contributed by atoms with Gasteiger partial charge in [-0.15, -0.1) is 11.8 Å². The Bertz CT molecular complexity index is 792. The zero-order chi connectivity index (χ0) is 18.7. The summed E-state index contributed by atoms with van der Waals surface area (Å²) < 4.78 is 0. The van der Waals surface area contributed by atoms with Crippen LogP contribution in [0.25, 0.3) is 0 Å². The smallest absolute Gasteiger partial charge is 0.0667 e. The van der Waals surface area contributed by atoms with E-state index in [1.54, 1.807) is 0 Å². The van der Waals surface area contributed by atoms with Crippen LogP contribution in [0.1, 0.15) is 51.1 Å². The van der Waals surface area contributed by atoms with Crippen molar-refractivity contribution in [2.75, 3.05) is 5.75 Å². The second kappa shape index (κ2) is 7.73. The van der Waals surface area contributed by atoms with E-state index in [1.165, 1.54) is 35.3 Å². The zero-order valence-corrected chi connectivity index (χ0v) is 17.2. The van der Waals surface area contributed by atoms with Gasteiger partial charge in [0.25, 0.3) is 0 Å². The molecule has 2 N–H and O–H groups in total. The highest BCUT2D eigenvalue weighted by atomic mass is 32.2. The molecule has 0 amide bonds. The van der Waals surface area contributed by atoms with E-state index in [-0.39, 0.29) is 17.0 Å². The Morgan fingerprint density at radius 3 is 2.81 bits per heavy atom. The minimum absolute atomic E-state index is 0.130. The van der Waals surface area contributed by atoms with Crippen molar-refractivity contribution in [3.8, 4) is 0 Å². The molecule has 1 aromatic rings. The average molecular weight is 379 g/mol. The second-order valence-corrected chi connectivity index (χ2v) is 8.89. The summed E-state index contributed by atoms with van der Waals surface area (Å²) in [7, 11) is 0. The summed E-state index contributed by atoms with van der Waals surface area (Å²) in [5, 5.41) is 7.52. The molecule has 2 nitrogen and oxygen atoms in total. The normalized spacial score (nSPS) is 31.9. The Morgan fingerprint density at radius 1 is 1.19 bits per heavy atom. The maximum Gasteiger partial charge on any atom is 0.0667 e. The fourth-order valence-electron chi connectivity index (χ4n) is 4.60. The molecular formula is C24H30N2S. The Morgan fingerprint density at radius 2 is 2.04 bits per heavy atom. The van der Waals surface area contributed by atoms with Gasteiger partial charge in [0.1, 0.15) is 0 Å². The summed E-state index contributed by atoms with van der Waals surface area (Å²) in [4.78, 5) is 1.46. The summed E-state index contributed by atoms with van der Waals surface area (Å²) >= 11 is 2.05. The van der Waals surface area contributed by atoms with E-state index in [0.717, 1.165) is 12.2 Å². The van der Waals surface area contributed by atoms with Crippen LogP contribution in [0.15, 0.2) is 77.5 Å². The SMILES string of the molecule is CCCC[C@@]1(CC)CSC2=CC=CC3=CNC=CC32[C@H](c2ccccc2)N1. The van der Waals surface area contributed by atoms with Crippen LogP contribution in [0.4, 0.5) is 0 Å². The van der Waals surface area contributed by atoms with E-state index in [0.29, 0.717) is 0 Å². The van der Waals surface area contributed by atoms with Gasteiger partial charge in [0.2, 0.25) is 0 Å². The Balaban J connectivity index is 1.86. The predicted octanol–water partition coefficient (Wildman–Crippen LogP) is 5.84. The van der Waals surface area contributed by atoms with Crippen LogP contribution in [-0.2, 0) is 0 Å². The van der Waals surface area contributed by atoms with Gasteiger partial charge >= 0.3 is 0 Å². The molecule has 27 heavy (non-hydrogen) atoms. The number of dihydropyridines is 1. The van der Waals surface area contributed by atoms with Crippen molar-refractivity contribution in [1.82, 2.24) is 10.6 Å². The van der Waals surface area contributed by atoms with Crippen molar-refractivity contribution in [3.63, 3.8) is 0 Å². The lowest BCUT2D eigenvalue weighted by molar-refractivity contribution is 0.240. The van der Waals surface area contributed by atoms with Gasteiger partial charge in [-0.1, -0.05) is 81.3 Å². The minimum atomic E-state index is -0.130. The number of thioether (sulfide) groups is 1. The van der Waals surface area contributed by atoms with Crippen molar-refractivity contribution >= 4 is 11.8 Å². The topological polar surface area (TPSA) is 24.1 Å². The summed E-state index contributed by atoms with van der Waals surface area (Å²) in [6.45, 7) is 4.64. The first-order chi connectivity index (χ1) is 13.2. The zero-order valence-electron chi connectivity index (χ0n) is 16.4. The first-order valence-corrected chi connectivity index (χ1v) is 11.2. The first-order valence-electron chi connectivity index (χ1n) is 10.2. The molecule has 1 aromatic carbocycles. The van der Waals surface area contributed by atoms with Crippen molar-refractivity contribution in [2.45, 2.75) is 51.1 Å². The highest BCUT2D eigenvalue weighted by Gasteiger charge is 2.50. The molecule has 3 aliphatic rings. The molecule has 1 aliphatic carbocycles. The van der Waals surface area contributed by atoms with Gasteiger partial charge in [-0.3, -0.25) is 0 Å². The summed E-state index contributed by atoms with van der Waals surface area (Å²) in [6, 6.07) is 11.2. The number of hydrogen-bond acceptors (Lipinski definition) is 3. The number of rotatable bonds is 5. The standard InChI is InChI=1S/C24H30N2S/c1-3-5-14-23(4-2)18-27-21-13-9-12-20-17-25-16-15-24(20,21)22(26-23)19-10-7-6-8-11-19/h6-13,15-17,22,25-26H,3-5,14,18H2,1-2H3/t22-,23-,24?/m0/s1. The molecule has 0 aromatic heterocycles. The van der Waals surface area contributed by atoms with Gasteiger partial charge in [-0.25, -0.2) is 0 Å². The van der Waals surface area contributed by atoms with Gasteiger partial charge < -0.3 is 10.6 Å². The molecule has 142 valence electrons. The largest absolute Gasteiger partial charge is 0.368 e. The maximum absolute atomic E-state index is 4.20. The third-order valence-electron chi connectivity index (χ3n) is 6.32. The first kappa shape index (κ1) is 18.6. The fraction of sp³-hybridized carbons (Fsp3) is 0.417. The Labute approximate surface area is 167 Å². The molecular weight excluding hydrogens is 348 g/mol. The molecule has 3 heteroatoms. The molecule has 0 bridgehead atoms. The van der Waals surface area contributed by atoms with Crippen LogP contribution in [0.5, 0.6) is 0 Å². The lowest BCUT2D eigenvalue weighted by Gasteiger charge is -2.45. The molecule has 3 atom stereocenters. The third kappa shape index (κ3) is 3.21. The van der Waals surface area contributed by atoms with Gasteiger partial charge in [-0.2, -0.15) is 0 Å². The Hall–Kier alpha value is -1.71. The summed E-state index contributed by atoms with van der Waals surface area (Å²) in [6.07, 6.45) is 18.4. The minimum Gasteiger partial charge on any atom is -0.368 e. The van der Waals surface area contributed by atoms with E-state index >= 15 is 0 Å². The van der Waals surface area contributed by atoms with Crippen LogP contribution < -0.4 is 10.6 Å². The van der Waals surface area contributed by atoms with Crippen LogP contribution in [-0.4, -0.2) is 11.3 Å². The lowest BCUT2D eigenvalue weighted by atomic mass is 9.67. The average Bonchev–Trinajstić information content (AvgIpc) is 2.87. The van der Waals surface area contributed by atoms with Gasteiger partial charge in [0, 0.05) is 22.4 Å². The third-order valence-corrected chi connectivity index (χ3v) is 7.80. The molecule has 4 rings (SSSR count). The van der Waals surface area contributed by atoms with E-state index < -0.39 is 0 Å². The van der Waals surface area contributed by atoms with Gasteiger partial charge in [-0.05, 0) is 30.2 Å². The van der Waals surface area contributed by atoms with Gasteiger partial charge in [0.05, 0.1) is 11.5 Å². The number of benzene rings is 1. The lowest BCUT2D eigenvalue weighted by Crippen LogP contribution is -2.51. The number of unbranched alkanes of at least 4 members (excludes halogenated alkanes) is 1. The highest BCUT2D eigenvalue weighted by Crippen LogP contribution is 2.57. The van der Waals surface area contributed by atoms with Crippen molar-refractivity contribution < 1.29 is 0 Å². The monoisotopic (exact) mass is 378 g/mol. The summed E-state index contributed by atoms with van der Waals surface area (Å²) in [5.41, 5.74) is 2.75. The van der Waals surface area contributed by atoms with E-state index in [9.17, 15) is 0 Å². The Kier molecular flexibility index (Phi) is 5.34. The highest BCUT2D eigenvalue weighted by molar-refractivity contribution is 8.03. The second-order valence-electron chi connectivity index (χ2n) is 7.87.